The molecule has 2 nitrogen and oxygen atoms in total. The predicted molar refractivity (Wildman–Crippen MR) is 56.1 cm³/mol. The molecule has 0 atom stereocenters. The molecule has 0 bridgehead atoms. The molecular weight excluding hydrogens is 239 g/mol. The van der Waals surface area contributed by atoms with Crippen LogP contribution in [-0.2, 0) is 0 Å². The van der Waals surface area contributed by atoms with Crippen molar-refractivity contribution in [3.05, 3.63) is 27.7 Å². The van der Waals surface area contributed by atoms with Gasteiger partial charge in [-0.2, -0.15) is 0 Å². The van der Waals surface area contributed by atoms with Crippen molar-refractivity contribution in [3.8, 4) is 0 Å². The Bertz CT molecular complexity index is 319. The normalized spacial score (nSPS) is 11.8. The van der Waals surface area contributed by atoms with E-state index < -0.39 is 0 Å². The summed E-state index contributed by atoms with van der Waals surface area (Å²) >= 11 is 9.12. The first-order valence-electron chi connectivity index (χ1n) is 3.35. The van der Waals surface area contributed by atoms with E-state index in [1.165, 1.54) is 0 Å². The Hall–Kier alpha value is -0.540. The Morgan fingerprint density at radius 3 is 2.75 bits per heavy atom. The average Bonchev–Trinajstić information content (AvgIpc) is 1.96. The van der Waals surface area contributed by atoms with Gasteiger partial charge in [0.2, 0.25) is 0 Å². The maximum Gasteiger partial charge on any atom is 0.0964 e. The highest BCUT2D eigenvalue weighted by Crippen LogP contribution is 2.26. The molecule has 0 amide bonds. The zero-order valence-electron chi connectivity index (χ0n) is 6.51. The van der Waals surface area contributed by atoms with Gasteiger partial charge in [0.15, 0.2) is 0 Å². The minimum Gasteiger partial charge on any atom is -0.387 e. The highest BCUT2D eigenvalue weighted by molar-refractivity contribution is 9.10. The highest BCUT2D eigenvalue weighted by atomic mass is 79.9. The molecule has 0 aliphatic heterocycles. The fourth-order valence-electron chi connectivity index (χ4n) is 0.758. The third-order valence-electron chi connectivity index (χ3n) is 1.21. The van der Waals surface area contributed by atoms with Gasteiger partial charge in [0.1, 0.15) is 0 Å². The van der Waals surface area contributed by atoms with Crippen LogP contribution in [0.5, 0.6) is 0 Å². The number of hydrogen-bond donors (Lipinski definition) is 1. The van der Waals surface area contributed by atoms with Crippen LogP contribution >= 0.6 is 27.5 Å². The van der Waals surface area contributed by atoms with E-state index in [-0.39, 0.29) is 0 Å². The highest BCUT2D eigenvalue weighted by Gasteiger charge is 1.96. The van der Waals surface area contributed by atoms with E-state index in [9.17, 15) is 0 Å². The van der Waals surface area contributed by atoms with Gasteiger partial charge in [-0.15, -0.1) is 0 Å². The molecule has 0 aliphatic rings. The lowest BCUT2D eigenvalue weighted by molar-refractivity contribution is 1.44. The van der Waals surface area contributed by atoms with Gasteiger partial charge in [-0.1, -0.05) is 11.6 Å². The standard InChI is InChI=1S/C8H8BrClN2/c1-5(11)12-6-2-3-7(9)8(10)4-6/h2-4H,1H3,(H2,11,12). The van der Waals surface area contributed by atoms with E-state index in [0.717, 1.165) is 10.2 Å². The summed E-state index contributed by atoms with van der Waals surface area (Å²) in [7, 11) is 0. The largest absolute Gasteiger partial charge is 0.387 e. The molecule has 0 saturated carbocycles. The molecule has 12 heavy (non-hydrogen) atoms. The van der Waals surface area contributed by atoms with Crippen LogP contribution in [0.2, 0.25) is 5.02 Å². The number of nitrogens with zero attached hydrogens (tertiary/aromatic N) is 1. The summed E-state index contributed by atoms with van der Waals surface area (Å²) < 4.78 is 0.859. The molecule has 0 aromatic heterocycles. The van der Waals surface area contributed by atoms with Crippen molar-refractivity contribution in [2.45, 2.75) is 6.92 Å². The van der Waals surface area contributed by atoms with Crippen LogP contribution in [0.25, 0.3) is 0 Å². The Morgan fingerprint density at radius 1 is 1.58 bits per heavy atom. The fourth-order valence-corrected chi connectivity index (χ4v) is 1.18. The van der Waals surface area contributed by atoms with Crippen LogP contribution in [-0.4, -0.2) is 5.84 Å². The van der Waals surface area contributed by atoms with E-state index in [2.05, 4.69) is 20.9 Å². The van der Waals surface area contributed by atoms with Gasteiger partial charge < -0.3 is 5.73 Å². The number of rotatable bonds is 1. The second-order valence-corrected chi connectivity index (χ2v) is 3.61. The number of benzene rings is 1. The van der Waals surface area contributed by atoms with E-state index in [1.54, 1.807) is 13.0 Å². The van der Waals surface area contributed by atoms with Gasteiger partial charge in [0, 0.05) is 4.47 Å². The molecule has 4 heteroatoms. The lowest BCUT2D eigenvalue weighted by Crippen LogP contribution is -2.03. The number of nitrogens with two attached hydrogens (primary N) is 1. The molecule has 0 saturated heterocycles. The molecule has 0 unspecified atom stereocenters. The number of hydrogen-bond acceptors (Lipinski definition) is 1. The van der Waals surface area contributed by atoms with Crippen molar-refractivity contribution in [2.75, 3.05) is 0 Å². The van der Waals surface area contributed by atoms with Gasteiger partial charge in [-0.3, -0.25) is 0 Å². The second-order valence-electron chi connectivity index (χ2n) is 2.35. The molecular formula is C8H8BrClN2. The summed E-state index contributed by atoms with van der Waals surface area (Å²) in [6.45, 7) is 1.73. The summed E-state index contributed by atoms with van der Waals surface area (Å²) in [6, 6.07) is 5.43. The minimum absolute atomic E-state index is 0.522. The van der Waals surface area contributed by atoms with E-state index >= 15 is 0 Å². The SMILES string of the molecule is CC(N)=Nc1ccc(Br)c(Cl)c1. The molecule has 64 valence electrons. The van der Waals surface area contributed by atoms with Crippen molar-refractivity contribution in [3.63, 3.8) is 0 Å². The van der Waals surface area contributed by atoms with Crippen LogP contribution in [0.1, 0.15) is 6.92 Å². The van der Waals surface area contributed by atoms with E-state index in [4.69, 9.17) is 17.3 Å². The predicted octanol–water partition coefficient (Wildman–Crippen LogP) is 3.11. The smallest absolute Gasteiger partial charge is 0.0964 e. The lowest BCUT2D eigenvalue weighted by Gasteiger charge is -1.97. The van der Waals surface area contributed by atoms with Gasteiger partial charge in [-0.25, -0.2) is 4.99 Å². The average molecular weight is 248 g/mol. The quantitative estimate of drug-likeness (QED) is 0.601. The van der Waals surface area contributed by atoms with Gasteiger partial charge in [0.25, 0.3) is 0 Å². The van der Waals surface area contributed by atoms with Gasteiger partial charge >= 0.3 is 0 Å². The summed E-state index contributed by atoms with van der Waals surface area (Å²) in [6.07, 6.45) is 0. The van der Waals surface area contributed by atoms with Crippen molar-refractivity contribution in [1.82, 2.24) is 0 Å². The van der Waals surface area contributed by atoms with Crippen molar-refractivity contribution in [1.29, 1.82) is 0 Å². The Labute approximate surface area is 84.6 Å². The maximum atomic E-state index is 5.84. The molecule has 1 aromatic rings. The summed E-state index contributed by atoms with van der Waals surface area (Å²) in [4.78, 5) is 4.05. The van der Waals surface area contributed by atoms with Gasteiger partial charge in [0.05, 0.1) is 16.5 Å². The molecule has 2 N–H and O–H groups in total. The maximum absolute atomic E-state index is 5.84. The fraction of sp³-hybridized carbons (Fsp3) is 0.125. The molecule has 1 aromatic carbocycles. The van der Waals surface area contributed by atoms with E-state index in [0.29, 0.717) is 10.9 Å². The Morgan fingerprint density at radius 2 is 2.25 bits per heavy atom. The number of amidine groups is 1. The first-order valence-corrected chi connectivity index (χ1v) is 4.52. The van der Waals surface area contributed by atoms with Crippen LogP contribution in [0.15, 0.2) is 27.7 Å². The zero-order chi connectivity index (χ0) is 9.14. The van der Waals surface area contributed by atoms with Crippen LogP contribution in [0.3, 0.4) is 0 Å². The summed E-state index contributed by atoms with van der Waals surface area (Å²) in [5, 5.41) is 0.637. The monoisotopic (exact) mass is 246 g/mol. The molecule has 0 spiro atoms. The summed E-state index contributed by atoms with van der Waals surface area (Å²) in [5.74, 6) is 0.522. The Balaban J connectivity index is 3.05. The Kier molecular flexibility index (Phi) is 3.12. The van der Waals surface area contributed by atoms with E-state index in [1.807, 2.05) is 12.1 Å². The minimum atomic E-state index is 0.522. The molecule has 0 aliphatic carbocycles. The lowest BCUT2D eigenvalue weighted by atomic mass is 10.3. The number of aliphatic imine (C=N–C) groups is 1. The van der Waals surface area contributed by atoms with Crippen molar-refractivity contribution >= 4 is 39.1 Å². The van der Waals surface area contributed by atoms with Crippen molar-refractivity contribution < 1.29 is 0 Å². The topological polar surface area (TPSA) is 38.4 Å². The van der Waals surface area contributed by atoms with Gasteiger partial charge in [-0.05, 0) is 41.1 Å². The first-order chi connectivity index (χ1) is 5.59. The molecule has 0 heterocycles. The third kappa shape index (κ3) is 2.50. The second kappa shape index (κ2) is 3.92. The number of halogens is 2. The van der Waals surface area contributed by atoms with Crippen molar-refractivity contribution in [2.24, 2.45) is 10.7 Å². The molecule has 1 rings (SSSR count). The molecule has 0 fully saturated rings. The van der Waals surface area contributed by atoms with Crippen LogP contribution in [0, 0.1) is 0 Å². The van der Waals surface area contributed by atoms with Crippen LogP contribution in [0.4, 0.5) is 5.69 Å². The molecule has 0 radical (unpaired) electrons. The third-order valence-corrected chi connectivity index (χ3v) is 2.44. The first kappa shape index (κ1) is 9.55. The van der Waals surface area contributed by atoms with Crippen LogP contribution < -0.4 is 5.73 Å². The zero-order valence-corrected chi connectivity index (χ0v) is 8.85. The summed E-state index contributed by atoms with van der Waals surface area (Å²) in [5.41, 5.74) is 6.17.